The molecule has 1 amide bonds. The first-order chi connectivity index (χ1) is 8.22. The maximum Gasteiger partial charge on any atom is 0.220 e. The minimum atomic E-state index is 0.205. The Morgan fingerprint density at radius 2 is 2.12 bits per heavy atom. The molecule has 1 aliphatic heterocycles. The summed E-state index contributed by atoms with van der Waals surface area (Å²) in [5.41, 5.74) is 0. The van der Waals surface area contributed by atoms with Crippen molar-refractivity contribution in [2.75, 3.05) is 39.9 Å². The summed E-state index contributed by atoms with van der Waals surface area (Å²) in [6.45, 7) is 6.48. The zero-order valence-corrected chi connectivity index (χ0v) is 11.2. The van der Waals surface area contributed by atoms with Crippen LogP contribution in [-0.4, -0.2) is 50.7 Å². The fourth-order valence-corrected chi connectivity index (χ4v) is 2.15. The molecule has 0 atom stereocenters. The van der Waals surface area contributed by atoms with E-state index in [2.05, 4.69) is 17.3 Å². The second-order valence-electron chi connectivity index (χ2n) is 4.85. The summed E-state index contributed by atoms with van der Waals surface area (Å²) in [5, 5.41) is 2.97. The van der Waals surface area contributed by atoms with Crippen LogP contribution < -0.4 is 5.32 Å². The van der Waals surface area contributed by atoms with Gasteiger partial charge < -0.3 is 15.0 Å². The van der Waals surface area contributed by atoms with Crippen LogP contribution in [0.1, 0.15) is 32.6 Å². The molecule has 0 bridgehead atoms. The minimum Gasteiger partial charge on any atom is -0.382 e. The van der Waals surface area contributed by atoms with Crippen LogP contribution in [0.15, 0.2) is 0 Å². The van der Waals surface area contributed by atoms with Crippen LogP contribution in [0.4, 0.5) is 0 Å². The third kappa shape index (κ3) is 6.64. The number of hydrogen-bond donors (Lipinski definition) is 1. The van der Waals surface area contributed by atoms with Gasteiger partial charge in [0.25, 0.3) is 0 Å². The van der Waals surface area contributed by atoms with Gasteiger partial charge in [-0.15, -0.1) is 0 Å². The Morgan fingerprint density at radius 1 is 1.41 bits per heavy atom. The molecule has 1 heterocycles. The molecule has 0 aromatic rings. The molecule has 0 aliphatic carbocycles. The molecule has 0 radical (unpaired) electrons. The molecule has 1 aliphatic rings. The van der Waals surface area contributed by atoms with Crippen molar-refractivity contribution in [1.82, 2.24) is 10.2 Å². The third-order valence-electron chi connectivity index (χ3n) is 3.30. The van der Waals surface area contributed by atoms with Crippen molar-refractivity contribution in [3.8, 4) is 0 Å². The quantitative estimate of drug-likeness (QED) is 0.683. The number of nitrogens with zero attached hydrogens (tertiary/aromatic N) is 1. The lowest BCUT2D eigenvalue weighted by molar-refractivity contribution is -0.122. The van der Waals surface area contributed by atoms with Crippen LogP contribution in [0, 0.1) is 5.92 Å². The van der Waals surface area contributed by atoms with Crippen molar-refractivity contribution in [2.45, 2.75) is 32.6 Å². The molecule has 1 N–H and O–H groups in total. The predicted octanol–water partition coefficient (Wildman–Crippen LogP) is 1.26. The number of nitrogens with one attached hydrogen (secondary N) is 1. The minimum absolute atomic E-state index is 0.205. The molecule has 1 saturated heterocycles. The second kappa shape index (κ2) is 8.48. The van der Waals surface area contributed by atoms with Crippen LogP contribution in [-0.2, 0) is 9.53 Å². The molecule has 17 heavy (non-hydrogen) atoms. The van der Waals surface area contributed by atoms with Crippen LogP contribution in [0.25, 0.3) is 0 Å². The Bertz CT molecular complexity index is 213. The van der Waals surface area contributed by atoms with Gasteiger partial charge in [-0.25, -0.2) is 0 Å². The fourth-order valence-electron chi connectivity index (χ4n) is 2.15. The van der Waals surface area contributed by atoms with Gasteiger partial charge in [-0.05, 0) is 52.2 Å². The van der Waals surface area contributed by atoms with Gasteiger partial charge in [0.2, 0.25) is 5.91 Å². The summed E-state index contributed by atoms with van der Waals surface area (Å²) in [6.07, 6.45) is 3.92. The molecule has 0 spiro atoms. The van der Waals surface area contributed by atoms with Crippen LogP contribution in [0.2, 0.25) is 0 Å². The molecule has 0 saturated carbocycles. The van der Waals surface area contributed by atoms with Crippen molar-refractivity contribution in [3.05, 3.63) is 0 Å². The van der Waals surface area contributed by atoms with Gasteiger partial charge >= 0.3 is 0 Å². The van der Waals surface area contributed by atoms with Crippen LogP contribution >= 0.6 is 0 Å². The SMILES string of the molecule is CCOCCCNC(=O)CC1CCN(C)CC1. The van der Waals surface area contributed by atoms with E-state index in [4.69, 9.17) is 4.74 Å². The van der Waals surface area contributed by atoms with Crippen molar-refractivity contribution in [1.29, 1.82) is 0 Å². The van der Waals surface area contributed by atoms with Crippen LogP contribution in [0.5, 0.6) is 0 Å². The van der Waals surface area contributed by atoms with E-state index in [0.29, 0.717) is 12.3 Å². The Labute approximate surface area is 105 Å². The van der Waals surface area contributed by atoms with E-state index in [1.807, 2.05) is 6.92 Å². The molecule has 100 valence electrons. The Balaban J connectivity index is 2.00. The van der Waals surface area contributed by atoms with Crippen LogP contribution in [0.3, 0.4) is 0 Å². The Kier molecular flexibility index (Phi) is 7.21. The third-order valence-corrected chi connectivity index (χ3v) is 3.30. The normalized spacial score (nSPS) is 18.2. The largest absolute Gasteiger partial charge is 0.382 e. The van der Waals surface area contributed by atoms with Crippen molar-refractivity contribution >= 4 is 5.91 Å². The average Bonchev–Trinajstić information content (AvgIpc) is 2.32. The number of likely N-dealkylation sites (tertiary alicyclic amines) is 1. The first-order valence-corrected chi connectivity index (χ1v) is 6.75. The van der Waals surface area contributed by atoms with Gasteiger partial charge in [0.15, 0.2) is 0 Å². The highest BCUT2D eigenvalue weighted by Gasteiger charge is 2.18. The van der Waals surface area contributed by atoms with Gasteiger partial charge in [0.1, 0.15) is 0 Å². The topological polar surface area (TPSA) is 41.6 Å². The predicted molar refractivity (Wildman–Crippen MR) is 69.0 cm³/mol. The van der Waals surface area contributed by atoms with E-state index in [1.165, 1.54) is 0 Å². The number of ether oxygens (including phenoxy) is 1. The van der Waals surface area contributed by atoms with E-state index < -0.39 is 0 Å². The van der Waals surface area contributed by atoms with E-state index in [0.717, 1.165) is 52.1 Å². The highest BCUT2D eigenvalue weighted by Crippen LogP contribution is 2.18. The fraction of sp³-hybridized carbons (Fsp3) is 0.923. The molecule has 4 heteroatoms. The highest BCUT2D eigenvalue weighted by molar-refractivity contribution is 5.76. The summed E-state index contributed by atoms with van der Waals surface area (Å²) in [7, 11) is 2.14. The zero-order chi connectivity index (χ0) is 12.5. The molecular formula is C13H26N2O2. The number of carbonyl (C=O) groups is 1. The van der Waals surface area contributed by atoms with Gasteiger partial charge in [0, 0.05) is 26.2 Å². The number of rotatable bonds is 7. The zero-order valence-electron chi connectivity index (χ0n) is 11.2. The first kappa shape index (κ1) is 14.5. The molecule has 0 unspecified atom stereocenters. The lowest BCUT2D eigenvalue weighted by Gasteiger charge is -2.28. The lowest BCUT2D eigenvalue weighted by atomic mass is 9.93. The monoisotopic (exact) mass is 242 g/mol. The van der Waals surface area contributed by atoms with E-state index in [9.17, 15) is 4.79 Å². The van der Waals surface area contributed by atoms with Crippen molar-refractivity contribution in [2.24, 2.45) is 5.92 Å². The van der Waals surface area contributed by atoms with E-state index >= 15 is 0 Å². The highest BCUT2D eigenvalue weighted by atomic mass is 16.5. The van der Waals surface area contributed by atoms with Gasteiger partial charge in [-0.3, -0.25) is 4.79 Å². The van der Waals surface area contributed by atoms with Gasteiger partial charge in [-0.2, -0.15) is 0 Å². The summed E-state index contributed by atoms with van der Waals surface area (Å²) >= 11 is 0. The van der Waals surface area contributed by atoms with E-state index in [-0.39, 0.29) is 5.91 Å². The number of amides is 1. The maximum absolute atomic E-state index is 11.7. The molecule has 4 nitrogen and oxygen atoms in total. The van der Waals surface area contributed by atoms with Crippen molar-refractivity contribution in [3.63, 3.8) is 0 Å². The Hall–Kier alpha value is -0.610. The summed E-state index contributed by atoms with van der Waals surface area (Å²) in [5.74, 6) is 0.786. The molecule has 0 aromatic carbocycles. The molecule has 1 fully saturated rings. The summed E-state index contributed by atoms with van der Waals surface area (Å²) in [6, 6.07) is 0. The standard InChI is InChI=1S/C13H26N2O2/c1-3-17-10-4-7-14-13(16)11-12-5-8-15(2)9-6-12/h12H,3-11H2,1-2H3,(H,14,16). The second-order valence-corrected chi connectivity index (χ2v) is 4.85. The molecule has 1 rings (SSSR count). The van der Waals surface area contributed by atoms with E-state index in [1.54, 1.807) is 0 Å². The number of hydrogen-bond acceptors (Lipinski definition) is 3. The van der Waals surface area contributed by atoms with Gasteiger partial charge in [0.05, 0.1) is 0 Å². The first-order valence-electron chi connectivity index (χ1n) is 6.75. The lowest BCUT2D eigenvalue weighted by Crippen LogP contribution is -2.34. The summed E-state index contributed by atoms with van der Waals surface area (Å²) < 4.78 is 5.22. The van der Waals surface area contributed by atoms with Crippen molar-refractivity contribution < 1.29 is 9.53 Å². The number of carbonyl (C=O) groups excluding carboxylic acids is 1. The Morgan fingerprint density at radius 3 is 2.76 bits per heavy atom. The molecular weight excluding hydrogens is 216 g/mol. The average molecular weight is 242 g/mol. The number of piperidine rings is 1. The summed E-state index contributed by atoms with van der Waals surface area (Å²) in [4.78, 5) is 14.0. The smallest absolute Gasteiger partial charge is 0.220 e. The maximum atomic E-state index is 11.7. The molecule has 0 aromatic heterocycles. The van der Waals surface area contributed by atoms with Gasteiger partial charge in [-0.1, -0.05) is 0 Å².